The van der Waals surface area contributed by atoms with Gasteiger partial charge in [0.15, 0.2) is 18.1 Å². The third-order valence-corrected chi connectivity index (χ3v) is 8.82. The fourth-order valence-corrected chi connectivity index (χ4v) is 6.22. The van der Waals surface area contributed by atoms with Gasteiger partial charge in [-0.25, -0.2) is 9.59 Å². The summed E-state index contributed by atoms with van der Waals surface area (Å²) in [6.07, 6.45) is 3.65. The molecule has 2 aliphatic rings. The summed E-state index contributed by atoms with van der Waals surface area (Å²) in [5, 5.41) is 0. The van der Waals surface area contributed by atoms with Crippen molar-refractivity contribution >= 4 is 34.8 Å². The Morgan fingerprint density at radius 2 is 1.81 bits per heavy atom. The summed E-state index contributed by atoms with van der Waals surface area (Å²) >= 11 is 1.12. The Balaban J connectivity index is 1.78. The van der Waals surface area contributed by atoms with E-state index in [1.807, 2.05) is 27.7 Å². The molecule has 2 aromatic heterocycles. The Morgan fingerprint density at radius 1 is 1.14 bits per heavy atom. The van der Waals surface area contributed by atoms with Gasteiger partial charge in [-0.2, -0.15) is 0 Å². The van der Waals surface area contributed by atoms with Crippen molar-refractivity contribution in [1.29, 1.82) is 0 Å². The monoisotopic (exact) mass is 614 g/mol. The zero-order valence-corrected chi connectivity index (χ0v) is 26.8. The highest BCUT2D eigenvalue weighted by atomic mass is 32.1. The van der Waals surface area contributed by atoms with Crippen LogP contribution in [0.25, 0.3) is 0 Å². The van der Waals surface area contributed by atoms with Gasteiger partial charge in [-0.1, -0.05) is 25.7 Å². The van der Waals surface area contributed by atoms with Gasteiger partial charge in [-0.15, -0.1) is 11.3 Å². The number of carbonyl (C=O) groups excluding carboxylic acids is 3. The Bertz CT molecular complexity index is 1420. The smallest absolute Gasteiger partial charge is 0.453 e. The number of thiophene rings is 1. The number of morpholine rings is 1. The number of hydrogen-bond acceptors (Lipinski definition) is 9. The average Bonchev–Trinajstić information content (AvgIpc) is 3.55. The minimum absolute atomic E-state index is 0.0994. The second kappa shape index (κ2) is 14.0. The highest BCUT2D eigenvalue weighted by Crippen LogP contribution is 2.37. The highest BCUT2D eigenvalue weighted by molar-refractivity contribution is 7.15. The molecule has 1 saturated heterocycles. The first-order valence-electron chi connectivity index (χ1n) is 15.0. The van der Waals surface area contributed by atoms with E-state index in [4.69, 9.17) is 18.3 Å². The van der Waals surface area contributed by atoms with Gasteiger partial charge >= 0.3 is 11.8 Å². The lowest BCUT2D eigenvalue weighted by atomic mass is 9.82. The van der Waals surface area contributed by atoms with Crippen LogP contribution in [0.5, 0.6) is 0 Å². The number of nitrogens with zero attached hydrogens (tertiary/aromatic N) is 2. The molecule has 4 rings (SSSR count). The van der Waals surface area contributed by atoms with E-state index < -0.39 is 17.8 Å². The molecule has 234 valence electrons. The quantitative estimate of drug-likeness (QED) is 0.296. The molecule has 2 aromatic rings. The van der Waals surface area contributed by atoms with Crippen molar-refractivity contribution in [3.63, 3.8) is 0 Å². The summed E-state index contributed by atoms with van der Waals surface area (Å²) in [6, 6.07) is 0.908. The standard InChI is InChI=1S/C32H42N2O8S/c1-7-24(29(36)33-14-16-39-17-15-33)34(28(35)22-10-8-20(2)9-11-22)25-18-23(12-13-32(4,5)6)43-27(25)30(37)40-19-26-21(3)41-31(38)42-26/h18,20,22,24H,7-11,14-17,19H2,1-6H3/t20?,22?,24-/m0/s1. The van der Waals surface area contributed by atoms with Crippen LogP contribution >= 0.6 is 11.3 Å². The molecule has 1 aliphatic heterocycles. The zero-order chi connectivity index (χ0) is 31.3. The second-order valence-corrected chi connectivity index (χ2v) is 13.4. The van der Waals surface area contributed by atoms with Gasteiger partial charge in [-0.05, 0) is 71.8 Å². The maximum atomic E-state index is 14.4. The van der Waals surface area contributed by atoms with E-state index in [0.29, 0.717) is 49.2 Å². The van der Waals surface area contributed by atoms with E-state index in [1.165, 1.54) is 4.90 Å². The average molecular weight is 615 g/mol. The summed E-state index contributed by atoms with van der Waals surface area (Å²) in [5.41, 5.74) is 0.0175. The van der Waals surface area contributed by atoms with Crippen LogP contribution in [-0.2, 0) is 25.7 Å². The lowest BCUT2D eigenvalue weighted by Crippen LogP contribution is -2.55. The van der Waals surface area contributed by atoms with Gasteiger partial charge in [0.1, 0.15) is 10.9 Å². The van der Waals surface area contributed by atoms with Crippen LogP contribution in [0.15, 0.2) is 19.7 Å². The molecular formula is C32H42N2O8S. The molecule has 0 aromatic carbocycles. The molecule has 43 heavy (non-hydrogen) atoms. The number of hydrogen-bond donors (Lipinski definition) is 0. The molecule has 2 fully saturated rings. The first-order valence-corrected chi connectivity index (χ1v) is 15.8. The van der Waals surface area contributed by atoms with E-state index in [-0.39, 0.29) is 46.2 Å². The molecule has 1 aliphatic carbocycles. The fourth-order valence-electron chi connectivity index (χ4n) is 5.33. The molecular weight excluding hydrogens is 572 g/mol. The van der Waals surface area contributed by atoms with E-state index >= 15 is 0 Å². The third kappa shape index (κ3) is 8.18. The summed E-state index contributed by atoms with van der Waals surface area (Å²) in [4.78, 5) is 57.5. The number of ether oxygens (including phenoxy) is 2. The lowest BCUT2D eigenvalue weighted by molar-refractivity contribution is -0.139. The molecule has 0 N–H and O–H groups in total. The van der Waals surface area contributed by atoms with Crippen molar-refractivity contribution < 1.29 is 32.7 Å². The molecule has 0 radical (unpaired) electrons. The summed E-state index contributed by atoms with van der Waals surface area (Å²) in [5.74, 6) is 4.99. The van der Waals surface area contributed by atoms with Crippen molar-refractivity contribution in [3.8, 4) is 11.8 Å². The first kappa shape index (κ1) is 32.6. The van der Waals surface area contributed by atoms with Crippen LogP contribution in [0.3, 0.4) is 0 Å². The molecule has 0 bridgehead atoms. The van der Waals surface area contributed by atoms with Crippen LogP contribution in [0.2, 0.25) is 0 Å². The highest BCUT2D eigenvalue weighted by Gasteiger charge is 2.40. The van der Waals surface area contributed by atoms with Gasteiger partial charge < -0.3 is 23.2 Å². The lowest BCUT2D eigenvalue weighted by Gasteiger charge is -2.38. The number of anilines is 1. The predicted molar refractivity (Wildman–Crippen MR) is 162 cm³/mol. The predicted octanol–water partition coefficient (Wildman–Crippen LogP) is 5.15. The normalized spacial score (nSPS) is 19.7. The van der Waals surface area contributed by atoms with E-state index in [0.717, 1.165) is 37.0 Å². The van der Waals surface area contributed by atoms with Gasteiger partial charge in [0.05, 0.1) is 23.8 Å². The number of carbonyl (C=O) groups is 3. The second-order valence-electron chi connectivity index (χ2n) is 12.4. The number of esters is 1. The van der Waals surface area contributed by atoms with Crippen molar-refractivity contribution in [2.24, 2.45) is 17.3 Å². The summed E-state index contributed by atoms with van der Waals surface area (Å²) < 4.78 is 20.9. The molecule has 0 unspecified atom stereocenters. The molecule has 1 saturated carbocycles. The minimum atomic E-state index is -0.883. The number of rotatable bonds is 8. The van der Waals surface area contributed by atoms with Crippen LogP contribution in [-0.4, -0.2) is 55.0 Å². The summed E-state index contributed by atoms with van der Waals surface area (Å²) in [6.45, 7) is 13.0. The topological polar surface area (TPSA) is 120 Å². The van der Waals surface area contributed by atoms with E-state index in [2.05, 4.69) is 18.8 Å². The van der Waals surface area contributed by atoms with Gasteiger partial charge in [0.25, 0.3) is 0 Å². The Hall–Kier alpha value is -3.36. The number of aryl methyl sites for hydroxylation is 1. The zero-order valence-electron chi connectivity index (χ0n) is 25.9. The van der Waals surface area contributed by atoms with Crippen molar-refractivity contribution in [2.45, 2.75) is 86.3 Å². The summed E-state index contributed by atoms with van der Waals surface area (Å²) in [7, 11) is 0. The largest absolute Gasteiger partial charge is 0.519 e. The third-order valence-electron chi connectivity index (χ3n) is 7.80. The van der Waals surface area contributed by atoms with Crippen molar-refractivity contribution in [2.75, 3.05) is 31.2 Å². The van der Waals surface area contributed by atoms with E-state index in [9.17, 15) is 19.2 Å². The van der Waals surface area contributed by atoms with Crippen LogP contribution in [0.4, 0.5) is 5.69 Å². The molecule has 10 nitrogen and oxygen atoms in total. The van der Waals surface area contributed by atoms with Crippen LogP contribution in [0.1, 0.15) is 92.8 Å². The first-order chi connectivity index (χ1) is 20.4. The van der Waals surface area contributed by atoms with E-state index in [1.54, 1.807) is 17.9 Å². The van der Waals surface area contributed by atoms with Crippen molar-refractivity contribution in [3.05, 3.63) is 38.0 Å². The van der Waals surface area contributed by atoms with Crippen LogP contribution < -0.4 is 10.7 Å². The van der Waals surface area contributed by atoms with Crippen LogP contribution in [0, 0.1) is 36.0 Å². The number of amides is 2. The molecule has 1 atom stereocenters. The maximum absolute atomic E-state index is 14.4. The minimum Gasteiger partial charge on any atom is -0.453 e. The Labute approximate surface area is 256 Å². The molecule has 2 amide bonds. The maximum Gasteiger partial charge on any atom is 0.519 e. The molecule has 0 spiro atoms. The SMILES string of the molecule is CC[C@@H](C(=O)N1CCOCC1)N(C(=O)C1CCC(C)CC1)c1cc(C#CC(C)(C)C)sc1C(=O)OCc1oc(=O)oc1C. The Kier molecular flexibility index (Phi) is 10.6. The van der Waals surface area contributed by atoms with Gasteiger partial charge in [-0.3, -0.25) is 14.5 Å². The Morgan fingerprint density at radius 3 is 2.40 bits per heavy atom. The van der Waals surface area contributed by atoms with Gasteiger partial charge in [0.2, 0.25) is 11.8 Å². The fraction of sp³-hybridized carbons (Fsp3) is 0.625. The molecule has 11 heteroatoms. The molecule has 3 heterocycles. The van der Waals surface area contributed by atoms with Gasteiger partial charge in [0, 0.05) is 24.4 Å². The van der Waals surface area contributed by atoms with Crippen molar-refractivity contribution in [1.82, 2.24) is 4.90 Å².